The second-order valence-corrected chi connectivity index (χ2v) is 4.33. The van der Waals surface area contributed by atoms with Crippen LogP contribution in [-0.2, 0) is 4.74 Å². The minimum atomic E-state index is -1.09. The maximum Gasteiger partial charge on any atom is 0.330 e. The van der Waals surface area contributed by atoms with E-state index in [2.05, 4.69) is 15.0 Å². The first kappa shape index (κ1) is 14.3. The highest BCUT2D eigenvalue weighted by Crippen LogP contribution is 2.34. The van der Waals surface area contributed by atoms with E-state index in [4.69, 9.17) is 15.4 Å². The second-order valence-electron chi connectivity index (χ2n) is 4.33. The van der Waals surface area contributed by atoms with Crippen molar-refractivity contribution in [3.8, 4) is 0 Å². The number of aromatic nitrogens is 2. The lowest BCUT2D eigenvalue weighted by Gasteiger charge is -2.19. The van der Waals surface area contributed by atoms with Gasteiger partial charge in [0.1, 0.15) is 12.3 Å². The molecule has 20 heavy (non-hydrogen) atoms. The van der Waals surface area contributed by atoms with E-state index >= 15 is 0 Å². The third kappa shape index (κ3) is 2.58. The fourth-order valence-corrected chi connectivity index (χ4v) is 2.18. The van der Waals surface area contributed by atoms with Crippen molar-refractivity contribution in [2.24, 2.45) is 11.0 Å². The number of ether oxygens (including phenoxy) is 1. The maximum absolute atomic E-state index is 11.7. The van der Waals surface area contributed by atoms with Crippen molar-refractivity contribution in [2.75, 3.05) is 13.2 Å². The first-order valence-corrected chi connectivity index (χ1v) is 5.85. The number of aromatic amines is 1. The zero-order valence-corrected chi connectivity index (χ0v) is 10.3. The number of nitrogens with one attached hydrogen (secondary N) is 1. The van der Waals surface area contributed by atoms with Gasteiger partial charge < -0.3 is 14.9 Å². The van der Waals surface area contributed by atoms with Crippen LogP contribution in [0.3, 0.4) is 0 Å². The van der Waals surface area contributed by atoms with Gasteiger partial charge in [0.25, 0.3) is 5.56 Å². The number of rotatable bonds is 4. The first-order valence-electron chi connectivity index (χ1n) is 5.85. The van der Waals surface area contributed by atoms with E-state index in [1.165, 1.54) is 6.20 Å². The smallest absolute Gasteiger partial charge is 0.330 e. The van der Waals surface area contributed by atoms with E-state index in [9.17, 15) is 14.7 Å². The number of hydrogen-bond acceptors (Lipinski definition) is 6. The molecular weight excluding hydrogens is 270 g/mol. The molecule has 1 saturated heterocycles. The third-order valence-electron chi connectivity index (χ3n) is 3.16. The van der Waals surface area contributed by atoms with E-state index in [0.717, 1.165) is 10.6 Å². The van der Waals surface area contributed by atoms with Gasteiger partial charge in [-0.1, -0.05) is 5.11 Å². The fourth-order valence-electron chi connectivity index (χ4n) is 2.18. The summed E-state index contributed by atoms with van der Waals surface area (Å²) < 4.78 is 6.48. The molecule has 10 heteroatoms. The molecule has 10 nitrogen and oxygen atoms in total. The molecule has 0 amide bonds. The molecule has 2 rings (SSSR count). The predicted octanol–water partition coefficient (Wildman–Crippen LogP) is -1.29. The number of aliphatic hydroxyl groups excluding tert-OH is 2. The van der Waals surface area contributed by atoms with E-state index in [-0.39, 0.29) is 6.54 Å². The molecule has 2 heterocycles. The van der Waals surface area contributed by atoms with Gasteiger partial charge in [-0.2, -0.15) is 0 Å². The van der Waals surface area contributed by atoms with Crippen LogP contribution in [0.4, 0.5) is 0 Å². The van der Waals surface area contributed by atoms with Crippen LogP contribution in [0.15, 0.2) is 27.0 Å². The van der Waals surface area contributed by atoms with Crippen LogP contribution in [0, 0.1) is 5.92 Å². The lowest BCUT2D eigenvalue weighted by atomic mass is 10.00. The lowest BCUT2D eigenvalue weighted by molar-refractivity contribution is -0.0479. The molecule has 1 aliphatic rings. The fraction of sp³-hybridized carbons (Fsp3) is 0.600. The van der Waals surface area contributed by atoms with Gasteiger partial charge in [0.15, 0.2) is 0 Å². The van der Waals surface area contributed by atoms with Crippen molar-refractivity contribution < 1.29 is 14.9 Å². The Hall–Kier alpha value is -2.13. The normalized spacial score (nSPS) is 29.1. The van der Waals surface area contributed by atoms with Crippen molar-refractivity contribution in [1.82, 2.24) is 9.55 Å². The van der Waals surface area contributed by atoms with Crippen molar-refractivity contribution >= 4 is 0 Å². The molecule has 1 aromatic rings. The zero-order valence-electron chi connectivity index (χ0n) is 10.3. The average Bonchev–Trinajstić information content (AvgIpc) is 2.73. The molecule has 0 aliphatic carbocycles. The van der Waals surface area contributed by atoms with Gasteiger partial charge >= 0.3 is 5.69 Å². The van der Waals surface area contributed by atoms with Crippen LogP contribution in [-0.4, -0.2) is 45.1 Å². The molecule has 3 N–H and O–H groups in total. The standard InChI is InChI=1S/C10H13N5O5/c11-14-12-3-5-8(18)6(4-16)20-9(5)15-2-1-7(17)13-10(15)19/h1-2,5-6,8-9,16,18H,3-4H2,(H,13,17,19)/t5-,6-,8+,9-/m1/s1. The Morgan fingerprint density at radius 2 is 2.30 bits per heavy atom. The van der Waals surface area contributed by atoms with Crippen LogP contribution in [0.2, 0.25) is 0 Å². The molecule has 4 atom stereocenters. The first-order chi connectivity index (χ1) is 9.58. The maximum atomic E-state index is 11.7. The molecule has 0 bridgehead atoms. The summed E-state index contributed by atoms with van der Waals surface area (Å²) in [6.45, 7) is -0.549. The number of aliphatic hydroxyl groups is 2. The Morgan fingerprint density at radius 3 is 2.90 bits per heavy atom. The van der Waals surface area contributed by atoms with Gasteiger partial charge in [0, 0.05) is 29.6 Å². The molecule has 1 aliphatic heterocycles. The number of H-pyrrole nitrogens is 1. The third-order valence-corrected chi connectivity index (χ3v) is 3.16. The van der Waals surface area contributed by atoms with Crippen molar-refractivity contribution in [3.05, 3.63) is 43.5 Å². The number of nitrogens with zero attached hydrogens (tertiary/aromatic N) is 4. The van der Waals surface area contributed by atoms with Crippen molar-refractivity contribution in [1.29, 1.82) is 0 Å². The largest absolute Gasteiger partial charge is 0.394 e. The molecule has 1 fully saturated rings. The molecule has 0 saturated carbocycles. The van der Waals surface area contributed by atoms with Crippen molar-refractivity contribution in [2.45, 2.75) is 18.4 Å². The molecule has 0 unspecified atom stereocenters. The van der Waals surface area contributed by atoms with Crippen LogP contribution >= 0.6 is 0 Å². The lowest BCUT2D eigenvalue weighted by Crippen LogP contribution is -2.35. The van der Waals surface area contributed by atoms with Crippen LogP contribution in [0.1, 0.15) is 6.23 Å². The Balaban J connectivity index is 2.38. The van der Waals surface area contributed by atoms with Crippen LogP contribution in [0.5, 0.6) is 0 Å². The zero-order chi connectivity index (χ0) is 14.7. The summed E-state index contributed by atoms with van der Waals surface area (Å²) in [4.78, 5) is 27.4. The van der Waals surface area contributed by atoms with Gasteiger partial charge in [-0.05, 0) is 5.53 Å². The summed E-state index contributed by atoms with van der Waals surface area (Å²) in [6.07, 6.45) is -1.69. The van der Waals surface area contributed by atoms with Gasteiger partial charge in [-0.3, -0.25) is 14.3 Å². The second kappa shape index (κ2) is 5.88. The van der Waals surface area contributed by atoms with Gasteiger partial charge in [-0.25, -0.2) is 4.79 Å². The summed E-state index contributed by atoms with van der Waals surface area (Å²) in [5.74, 6) is -0.702. The molecule has 0 aromatic carbocycles. The summed E-state index contributed by atoms with van der Waals surface area (Å²) in [5, 5.41) is 22.5. The monoisotopic (exact) mass is 283 g/mol. The van der Waals surface area contributed by atoms with Gasteiger partial charge in [0.2, 0.25) is 0 Å². The number of azide groups is 1. The SMILES string of the molecule is [N-]=[N+]=NC[C@@H]1[C@H](O)[C@@H](CO)O[C@H]1n1ccc(=O)[nH]c1=O. The minimum Gasteiger partial charge on any atom is -0.394 e. The topological polar surface area (TPSA) is 153 Å². The molecule has 108 valence electrons. The highest BCUT2D eigenvalue weighted by Gasteiger charge is 2.44. The van der Waals surface area contributed by atoms with E-state index in [1.54, 1.807) is 0 Å². The Bertz CT molecular complexity index is 633. The molecule has 0 radical (unpaired) electrons. The summed E-state index contributed by atoms with van der Waals surface area (Å²) in [7, 11) is 0. The highest BCUT2D eigenvalue weighted by atomic mass is 16.5. The minimum absolute atomic E-state index is 0.107. The quantitative estimate of drug-likeness (QED) is 0.356. The summed E-state index contributed by atoms with van der Waals surface area (Å²) >= 11 is 0. The molecule has 1 aromatic heterocycles. The Kier molecular flexibility index (Phi) is 4.20. The Labute approximate surface area is 111 Å². The van der Waals surface area contributed by atoms with E-state index in [0.29, 0.717) is 0 Å². The van der Waals surface area contributed by atoms with E-state index < -0.39 is 42.2 Å². The predicted molar refractivity (Wildman–Crippen MR) is 65.8 cm³/mol. The Morgan fingerprint density at radius 1 is 1.55 bits per heavy atom. The molecular formula is C10H13N5O5. The molecule has 0 spiro atoms. The summed E-state index contributed by atoms with van der Waals surface area (Å²) in [6, 6.07) is 1.13. The van der Waals surface area contributed by atoms with Crippen LogP contribution in [0.25, 0.3) is 10.4 Å². The van der Waals surface area contributed by atoms with Crippen LogP contribution < -0.4 is 11.2 Å². The number of hydrogen-bond donors (Lipinski definition) is 3. The van der Waals surface area contributed by atoms with Gasteiger partial charge in [-0.15, -0.1) is 0 Å². The highest BCUT2D eigenvalue weighted by molar-refractivity contribution is 4.93. The average molecular weight is 283 g/mol. The van der Waals surface area contributed by atoms with E-state index in [1.807, 2.05) is 0 Å². The summed E-state index contributed by atoms with van der Waals surface area (Å²) in [5.41, 5.74) is 7.09. The van der Waals surface area contributed by atoms with Crippen molar-refractivity contribution in [3.63, 3.8) is 0 Å². The van der Waals surface area contributed by atoms with Gasteiger partial charge in [0.05, 0.1) is 12.7 Å².